The SMILES string of the molecule is CCOCCN(CC)S(=O)(=O)c1ccccc1F. The van der Waals surface area contributed by atoms with E-state index < -0.39 is 15.8 Å². The molecule has 18 heavy (non-hydrogen) atoms. The van der Waals surface area contributed by atoms with Crippen LogP contribution < -0.4 is 0 Å². The van der Waals surface area contributed by atoms with Crippen molar-refractivity contribution in [1.29, 1.82) is 0 Å². The van der Waals surface area contributed by atoms with Gasteiger partial charge in [0.2, 0.25) is 10.0 Å². The van der Waals surface area contributed by atoms with Crippen LogP contribution in [0.4, 0.5) is 4.39 Å². The maximum atomic E-state index is 13.5. The van der Waals surface area contributed by atoms with Crippen LogP contribution in [0, 0.1) is 5.82 Å². The summed E-state index contributed by atoms with van der Waals surface area (Å²) in [5, 5.41) is 0. The molecule has 0 fully saturated rings. The molecule has 0 heterocycles. The summed E-state index contributed by atoms with van der Waals surface area (Å²) >= 11 is 0. The molecule has 0 saturated carbocycles. The van der Waals surface area contributed by atoms with Crippen LogP contribution in [0.1, 0.15) is 13.8 Å². The number of benzene rings is 1. The van der Waals surface area contributed by atoms with Crippen molar-refractivity contribution in [3.63, 3.8) is 0 Å². The van der Waals surface area contributed by atoms with Crippen molar-refractivity contribution in [2.45, 2.75) is 18.7 Å². The maximum Gasteiger partial charge on any atom is 0.246 e. The minimum absolute atomic E-state index is 0.223. The number of nitrogens with zero attached hydrogens (tertiary/aromatic N) is 1. The van der Waals surface area contributed by atoms with Crippen molar-refractivity contribution in [3.05, 3.63) is 30.1 Å². The van der Waals surface area contributed by atoms with E-state index in [9.17, 15) is 12.8 Å². The van der Waals surface area contributed by atoms with Gasteiger partial charge >= 0.3 is 0 Å². The summed E-state index contributed by atoms with van der Waals surface area (Å²) in [5.74, 6) is -0.729. The highest BCUT2D eigenvalue weighted by atomic mass is 32.2. The predicted octanol–water partition coefficient (Wildman–Crippen LogP) is 1.87. The highest BCUT2D eigenvalue weighted by molar-refractivity contribution is 7.89. The van der Waals surface area contributed by atoms with Crippen molar-refractivity contribution >= 4 is 10.0 Å². The van der Waals surface area contributed by atoms with Gasteiger partial charge < -0.3 is 4.74 Å². The standard InChI is InChI=1S/C12H18FNO3S/c1-3-14(9-10-17-4-2)18(15,16)12-8-6-5-7-11(12)13/h5-8H,3-4,9-10H2,1-2H3. The number of hydrogen-bond acceptors (Lipinski definition) is 3. The highest BCUT2D eigenvalue weighted by Crippen LogP contribution is 2.18. The van der Waals surface area contributed by atoms with E-state index in [2.05, 4.69) is 0 Å². The molecule has 0 N–H and O–H groups in total. The van der Waals surface area contributed by atoms with E-state index in [1.165, 1.54) is 22.5 Å². The zero-order valence-electron chi connectivity index (χ0n) is 10.6. The molecule has 4 nitrogen and oxygen atoms in total. The van der Waals surface area contributed by atoms with Crippen LogP contribution in [0.2, 0.25) is 0 Å². The fourth-order valence-electron chi connectivity index (χ4n) is 1.55. The molecule has 0 bridgehead atoms. The van der Waals surface area contributed by atoms with Crippen LogP contribution in [0.25, 0.3) is 0 Å². The summed E-state index contributed by atoms with van der Waals surface area (Å²) in [5.41, 5.74) is 0. The van der Waals surface area contributed by atoms with E-state index in [0.717, 1.165) is 6.07 Å². The topological polar surface area (TPSA) is 46.6 Å². The van der Waals surface area contributed by atoms with Gasteiger partial charge in [0.15, 0.2) is 0 Å². The quantitative estimate of drug-likeness (QED) is 0.714. The second kappa shape index (κ2) is 6.82. The average molecular weight is 275 g/mol. The lowest BCUT2D eigenvalue weighted by atomic mass is 10.4. The van der Waals surface area contributed by atoms with Crippen LogP contribution in [-0.4, -0.2) is 39.0 Å². The van der Waals surface area contributed by atoms with Gasteiger partial charge in [-0.1, -0.05) is 19.1 Å². The Balaban J connectivity index is 2.93. The van der Waals surface area contributed by atoms with Crippen molar-refractivity contribution in [3.8, 4) is 0 Å². The molecule has 0 atom stereocenters. The zero-order chi connectivity index (χ0) is 13.6. The number of hydrogen-bond donors (Lipinski definition) is 0. The third-order valence-electron chi connectivity index (χ3n) is 2.50. The lowest BCUT2D eigenvalue weighted by Crippen LogP contribution is -2.34. The third-order valence-corrected chi connectivity index (χ3v) is 4.50. The lowest BCUT2D eigenvalue weighted by molar-refractivity contribution is 0.135. The first kappa shape index (κ1) is 15.1. The van der Waals surface area contributed by atoms with Gasteiger partial charge in [0.05, 0.1) is 6.61 Å². The predicted molar refractivity (Wildman–Crippen MR) is 67.3 cm³/mol. The van der Waals surface area contributed by atoms with E-state index in [0.29, 0.717) is 13.2 Å². The first-order chi connectivity index (χ1) is 8.54. The monoisotopic (exact) mass is 275 g/mol. The summed E-state index contributed by atoms with van der Waals surface area (Å²) in [4.78, 5) is -0.289. The van der Waals surface area contributed by atoms with Crippen molar-refractivity contribution in [2.75, 3.05) is 26.3 Å². The minimum atomic E-state index is -3.78. The van der Waals surface area contributed by atoms with Crippen molar-refractivity contribution in [1.82, 2.24) is 4.31 Å². The Bertz CT molecular complexity index is 476. The smallest absolute Gasteiger partial charge is 0.246 e. The number of halogens is 1. The van der Waals surface area contributed by atoms with Crippen LogP contribution in [0.15, 0.2) is 29.2 Å². The second-order valence-electron chi connectivity index (χ2n) is 3.62. The van der Waals surface area contributed by atoms with E-state index >= 15 is 0 Å². The van der Waals surface area contributed by atoms with Crippen molar-refractivity contribution in [2.24, 2.45) is 0 Å². The first-order valence-electron chi connectivity index (χ1n) is 5.86. The molecule has 0 radical (unpaired) electrons. The molecule has 0 spiro atoms. The Morgan fingerprint density at radius 1 is 1.28 bits per heavy atom. The summed E-state index contributed by atoms with van der Waals surface area (Å²) < 4.78 is 44.3. The molecule has 0 aliphatic rings. The summed E-state index contributed by atoms with van der Waals surface area (Å²) in [7, 11) is -3.78. The molecular weight excluding hydrogens is 257 g/mol. The normalized spacial score (nSPS) is 12.0. The molecule has 1 aromatic carbocycles. The third kappa shape index (κ3) is 3.51. The Morgan fingerprint density at radius 3 is 2.50 bits per heavy atom. The lowest BCUT2D eigenvalue weighted by Gasteiger charge is -2.20. The molecule has 0 unspecified atom stereocenters. The fraction of sp³-hybridized carbons (Fsp3) is 0.500. The molecular formula is C12H18FNO3S. The Hall–Kier alpha value is -0.980. The van der Waals surface area contributed by atoms with Crippen LogP contribution >= 0.6 is 0 Å². The van der Waals surface area contributed by atoms with Crippen molar-refractivity contribution < 1.29 is 17.5 Å². The fourth-order valence-corrected chi connectivity index (χ4v) is 3.05. The van der Waals surface area contributed by atoms with E-state index in [-0.39, 0.29) is 18.0 Å². The molecule has 0 aliphatic carbocycles. The van der Waals surface area contributed by atoms with Crippen LogP contribution in [-0.2, 0) is 14.8 Å². The molecule has 0 aliphatic heterocycles. The summed E-state index contributed by atoms with van der Waals surface area (Å²) in [6, 6.07) is 5.38. The van der Waals surface area contributed by atoms with Crippen LogP contribution in [0.3, 0.4) is 0 Å². The largest absolute Gasteiger partial charge is 0.380 e. The molecule has 1 aromatic rings. The molecule has 0 saturated heterocycles. The number of ether oxygens (including phenoxy) is 1. The molecule has 102 valence electrons. The van der Waals surface area contributed by atoms with Gasteiger partial charge in [0.1, 0.15) is 10.7 Å². The van der Waals surface area contributed by atoms with E-state index in [1.807, 2.05) is 6.92 Å². The zero-order valence-corrected chi connectivity index (χ0v) is 11.4. The summed E-state index contributed by atoms with van der Waals surface area (Å²) in [6.07, 6.45) is 0. The van der Waals surface area contributed by atoms with Gasteiger partial charge in [-0.3, -0.25) is 0 Å². The highest BCUT2D eigenvalue weighted by Gasteiger charge is 2.25. The van der Waals surface area contributed by atoms with Gasteiger partial charge in [-0.2, -0.15) is 4.31 Å². The average Bonchev–Trinajstić information content (AvgIpc) is 2.34. The van der Waals surface area contributed by atoms with E-state index in [4.69, 9.17) is 4.74 Å². The van der Waals surface area contributed by atoms with Crippen LogP contribution in [0.5, 0.6) is 0 Å². The molecule has 0 aromatic heterocycles. The van der Waals surface area contributed by atoms with Gasteiger partial charge in [0.25, 0.3) is 0 Å². The van der Waals surface area contributed by atoms with Gasteiger partial charge in [-0.25, -0.2) is 12.8 Å². The number of likely N-dealkylation sites (N-methyl/N-ethyl adjacent to an activating group) is 1. The minimum Gasteiger partial charge on any atom is -0.380 e. The first-order valence-corrected chi connectivity index (χ1v) is 7.30. The Morgan fingerprint density at radius 2 is 1.94 bits per heavy atom. The molecule has 1 rings (SSSR count). The second-order valence-corrected chi connectivity index (χ2v) is 5.53. The Labute approximate surface area is 107 Å². The van der Waals surface area contributed by atoms with Gasteiger partial charge in [-0.15, -0.1) is 0 Å². The van der Waals surface area contributed by atoms with Gasteiger partial charge in [0, 0.05) is 19.7 Å². The van der Waals surface area contributed by atoms with E-state index in [1.54, 1.807) is 6.92 Å². The maximum absolute atomic E-state index is 13.5. The summed E-state index contributed by atoms with van der Waals surface area (Å²) in [6.45, 7) is 4.88. The number of sulfonamides is 1. The number of rotatable bonds is 7. The Kier molecular flexibility index (Phi) is 5.71. The molecule has 6 heteroatoms. The van der Waals surface area contributed by atoms with Gasteiger partial charge in [-0.05, 0) is 19.1 Å². The molecule has 0 amide bonds.